The van der Waals surface area contributed by atoms with Crippen molar-refractivity contribution in [2.75, 3.05) is 27.3 Å². The van der Waals surface area contributed by atoms with E-state index >= 15 is 0 Å². The Bertz CT molecular complexity index is 393. The number of likely N-dealkylation sites (N-methyl/N-ethyl adjacent to an activating group) is 1. The lowest BCUT2D eigenvalue weighted by molar-refractivity contribution is 0.0800. The number of aliphatic hydroxyl groups is 1. The molecule has 0 unspecified atom stereocenters. The number of ether oxygens (including phenoxy) is 1. The molecule has 3 nitrogen and oxygen atoms in total. The molecule has 0 heterocycles. The van der Waals surface area contributed by atoms with Crippen molar-refractivity contribution >= 4 is 0 Å². The Morgan fingerprint density at radius 3 is 2.56 bits per heavy atom. The molecular weight excluding hydrogens is 233 g/mol. The number of rotatable bonds is 6. The molecule has 4 heteroatoms. The second-order valence-electron chi connectivity index (χ2n) is 5.11. The van der Waals surface area contributed by atoms with Crippen LogP contribution in [0.25, 0.3) is 0 Å². The fourth-order valence-corrected chi connectivity index (χ4v) is 1.59. The van der Waals surface area contributed by atoms with Gasteiger partial charge in [-0.2, -0.15) is 0 Å². The minimum absolute atomic E-state index is 0.0977. The molecule has 1 aromatic rings. The lowest BCUT2D eigenvalue weighted by atomic mass is 10.0. The average Bonchev–Trinajstić information content (AvgIpc) is 2.36. The standard InChI is InChI=1S/C14H22FNO2/c1-14(2,10-17)16(3)8-7-11-5-6-13(18-4)12(15)9-11/h5-6,9,17H,7-8,10H2,1-4H3. The third-order valence-corrected chi connectivity index (χ3v) is 3.37. The number of halogens is 1. The molecule has 1 aromatic carbocycles. The van der Waals surface area contributed by atoms with Gasteiger partial charge in [-0.25, -0.2) is 4.39 Å². The van der Waals surface area contributed by atoms with Crippen molar-refractivity contribution in [3.8, 4) is 5.75 Å². The molecule has 0 bridgehead atoms. The summed E-state index contributed by atoms with van der Waals surface area (Å²) in [5.74, 6) is -0.0677. The second kappa shape index (κ2) is 6.16. The third kappa shape index (κ3) is 3.68. The summed E-state index contributed by atoms with van der Waals surface area (Å²) in [6.07, 6.45) is 0.737. The molecule has 0 saturated carbocycles. The van der Waals surface area contributed by atoms with E-state index in [1.165, 1.54) is 13.2 Å². The summed E-state index contributed by atoms with van der Waals surface area (Å²) < 4.78 is 18.4. The van der Waals surface area contributed by atoms with Gasteiger partial charge in [0.25, 0.3) is 0 Å². The molecule has 0 aromatic heterocycles. The van der Waals surface area contributed by atoms with Crippen LogP contribution >= 0.6 is 0 Å². The average molecular weight is 255 g/mol. The SMILES string of the molecule is COc1ccc(CCN(C)C(C)(C)CO)cc1F. The van der Waals surface area contributed by atoms with Gasteiger partial charge in [0, 0.05) is 12.1 Å². The van der Waals surface area contributed by atoms with Crippen LogP contribution in [-0.2, 0) is 6.42 Å². The normalized spacial score (nSPS) is 11.9. The zero-order valence-corrected chi connectivity index (χ0v) is 11.5. The van der Waals surface area contributed by atoms with Gasteiger partial charge in [-0.1, -0.05) is 6.07 Å². The number of hydrogen-bond donors (Lipinski definition) is 1. The van der Waals surface area contributed by atoms with Crippen LogP contribution in [-0.4, -0.2) is 42.9 Å². The van der Waals surface area contributed by atoms with Gasteiger partial charge < -0.3 is 9.84 Å². The van der Waals surface area contributed by atoms with E-state index in [0.717, 1.165) is 18.5 Å². The fourth-order valence-electron chi connectivity index (χ4n) is 1.59. The molecule has 1 N–H and O–H groups in total. The highest BCUT2D eigenvalue weighted by Gasteiger charge is 2.21. The summed E-state index contributed by atoms with van der Waals surface area (Å²) in [6.45, 7) is 4.81. The van der Waals surface area contributed by atoms with E-state index in [2.05, 4.69) is 4.90 Å². The predicted molar refractivity (Wildman–Crippen MR) is 70.5 cm³/mol. The van der Waals surface area contributed by atoms with Gasteiger partial charge >= 0.3 is 0 Å². The van der Waals surface area contributed by atoms with E-state index < -0.39 is 0 Å². The van der Waals surface area contributed by atoms with Crippen molar-refractivity contribution < 1.29 is 14.2 Å². The second-order valence-corrected chi connectivity index (χ2v) is 5.11. The van der Waals surface area contributed by atoms with Crippen molar-refractivity contribution in [1.82, 2.24) is 4.90 Å². The Kier molecular flexibility index (Phi) is 5.11. The lowest BCUT2D eigenvalue weighted by Gasteiger charge is -2.33. The molecule has 0 spiro atoms. The number of aliphatic hydroxyl groups excluding tert-OH is 1. The third-order valence-electron chi connectivity index (χ3n) is 3.37. The van der Waals surface area contributed by atoms with Crippen molar-refractivity contribution in [2.24, 2.45) is 0 Å². The highest BCUT2D eigenvalue weighted by atomic mass is 19.1. The first-order valence-electron chi connectivity index (χ1n) is 6.05. The Labute approximate surface area is 108 Å². The van der Waals surface area contributed by atoms with Crippen LogP contribution in [0.1, 0.15) is 19.4 Å². The van der Waals surface area contributed by atoms with Gasteiger partial charge in [0.05, 0.1) is 13.7 Å². The fraction of sp³-hybridized carbons (Fsp3) is 0.571. The zero-order chi connectivity index (χ0) is 13.8. The molecule has 102 valence electrons. The quantitative estimate of drug-likeness (QED) is 0.844. The lowest BCUT2D eigenvalue weighted by Crippen LogP contribution is -2.45. The number of benzene rings is 1. The number of nitrogens with zero attached hydrogens (tertiary/aromatic N) is 1. The van der Waals surface area contributed by atoms with Crippen LogP contribution < -0.4 is 4.74 Å². The maximum atomic E-state index is 13.5. The molecular formula is C14H22FNO2. The van der Waals surface area contributed by atoms with Gasteiger partial charge in [-0.15, -0.1) is 0 Å². The molecule has 18 heavy (non-hydrogen) atoms. The molecule has 0 aliphatic rings. The molecule has 0 atom stereocenters. The van der Waals surface area contributed by atoms with Gasteiger partial charge in [0.2, 0.25) is 0 Å². The van der Waals surface area contributed by atoms with Crippen molar-refractivity contribution in [1.29, 1.82) is 0 Å². The zero-order valence-electron chi connectivity index (χ0n) is 11.5. The molecule has 1 rings (SSSR count). The van der Waals surface area contributed by atoms with Crippen LogP contribution in [0.15, 0.2) is 18.2 Å². The van der Waals surface area contributed by atoms with Crippen LogP contribution in [0.3, 0.4) is 0 Å². The molecule has 0 aliphatic carbocycles. The largest absolute Gasteiger partial charge is 0.494 e. The maximum Gasteiger partial charge on any atom is 0.165 e. The van der Waals surface area contributed by atoms with E-state index in [1.807, 2.05) is 27.0 Å². The molecule has 0 aliphatic heterocycles. The molecule has 0 amide bonds. The van der Waals surface area contributed by atoms with Gasteiger partial charge in [-0.05, 0) is 45.0 Å². The van der Waals surface area contributed by atoms with Crippen molar-refractivity contribution in [3.63, 3.8) is 0 Å². The van der Waals surface area contributed by atoms with Crippen LogP contribution in [0.4, 0.5) is 4.39 Å². The van der Waals surface area contributed by atoms with Crippen molar-refractivity contribution in [2.45, 2.75) is 25.8 Å². The molecule has 0 fully saturated rings. The summed E-state index contributed by atoms with van der Waals surface area (Å²) in [4.78, 5) is 2.06. The Morgan fingerprint density at radius 2 is 2.06 bits per heavy atom. The molecule has 0 saturated heterocycles. The highest BCUT2D eigenvalue weighted by molar-refractivity contribution is 5.29. The predicted octanol–water partition coefficient (Wildman–Crippen LogP) is 2.08. The summed E-state index contributed by atoms with van der Waals surface area (Å²) in [5, 5.41) is 9.26. The van der Waals surface area contributed by atoms with Gasteiger partial charge in [0.1, 0.15) is 0 Å². The summed E-state index contributed by atoms with van der Waals surface area (Å²) in [5.41, 5.74) is 0.666. The van der Waals surface area contributed by atoms with E-state index in [4.69, 9.17) is 4.74 Å². The number of methoxy groups -OCH3 is 1. The topological polar surface area (TPSA) is 32.7 Å². The van der Waals surface area contributed by atoms with E-state index in [1.54, 1.807) is 6.07 Å². The summed E-state index contributed by atoms with van der Waals surface area (Å²) in [6, 6.07) is 5.00. The first-order valence-corrected chi connectivity index (χ1v) is 6.05. The van der Waals surface area contributed by atoms with Crippen molar-refractivity contribution in [3.05, 3.63) is 29.6 Å². The smallest absolute Gasteiger partial charge is 0.165 e. The minimum atomic E-state index is -0.334. The summed E-state index contributed by atoms with van der Waals surface area (Å²) >= 11 is 0. The van der Waals surface area contributed by atoms with Crippen LogP contribution in [0.2, 0.25) is 0 Å². The van der Waals surface area contributed by atoms with Gasteiger partial charge in [0.15, 0.2) is 11.6 Å². The Balaban J connectivity index is 2.61. The minimum Gasteiger partial charge on any atom is -0.494 e. The first-order chi connectivity index (χ1) is 8.40. The maximum absolute atomic E-state index is 13.5. The molecule has 0 radical (unpaired) electrons. The highest BCUT2D eigenvalue weighted by Crippen LogP contribution is 2.19. The number of hydrogen-bond acceptors (Lipinski definition) is 3. The van der Waals surface area contributed by atoms with Crippen LogP contribution in [0.5, 0.6) is 5.75 Å². The van der Waals surface area contributed by atoms with Gasteiger partial charge in [-0.3, -0.25) is 4.90 Å². The monoisotopic (exact) mass is 255 g/mol. The Hall–Kier alpha value is -1.13. The first kappa shape index (κ1) is 14.9. The summed E-state index contributed by atoms with van der Waals surface area (Å²) in [7, 11) is 3.41. The van der Waals surface area contributed by atoms with Crippen LogP contribution in [0, 0.1) is 5.82 Å². The Morgan fingerprint density at radius 1 is 1.39 bits per heavy atom. The van der Waals surface area contributed by atoms with E-state index in [-0.39, 0.29) is 23.7 Å². The van der Waals surface area contributed by atoms with E-state index in [9.17, 15) is 9.50 Å². The van der Waals surface area contributed by atoms with E-state index in [0.29, 0.717) is 0 Å².